The Balaban J connectivity index is 1.84. The second-order valence-electron chi connectivity index (χ2n) is 6.48. The molecule has 4 rings (SSSR count). The van der Waals surface area contributed by atoms with Gasteiger partial charge < -0.3 is 15.2 Å². The lowest BCUT2D eigenvalue weighted by Gasteiger charge is -2.24. The summed E-state index contributed by atoms with van der Waals surface area (Å²) in [7, 11) is 1.50. The molecule has 0 unspecified atom stereocenters. The molecule has 0 fully saturated rings. The topological polar surface area (TPSA) is 76.4 Å². The van der Waals surface area contributed by atoms with Gasteiger partial charge in [0, 0.05) is 22.9 Å². The Morgan fingerprint density at radius 3 is 2.93 bits per heavy atom. The fraction of sp³-hybridized carbons (Fsp3) is 0.200. The van der Waals surface area contributed by atoms with Crippen molar-refractivity contribution in [3.8, 4) is 17.2 Å². The van der Waals surface area contributed by atoms with Crippen LogP contribution in [-0.4, -0.2) is 27.9 Å². The van der Waals surface area contributed by atoms with E-state index < -0.39 is 0 Å². The lowest BCUT2D eigenvalue weighted by molar-refractivity contribution is -0.116. The van der Waals surface area contributed by atoms with Crippen molar-refractivity contribution in [3.63, 3.8) is 0 Å². The molecule has 2 N–H and O–H groups in total. The van der Waals surface area contributed by atoms with Gasteiger partial charge in [0.2, 0.25) is 5.91 Å². The number of ether oxygens (including phenoxy) is 1. The van der Waals surface area contributed by atoms with Crippen molar-refractivity contribution in [1.29, 1.82) is 0 Å². The third kappa shape index (κ3) is 2.92. The highest BCUT2D eigenvalue weighted by molar-refractivity contribution is 6.31. The van der Waals surface area contributed by atoms with E-state index in [0.717, 1.165) is 22.4 Å². The van der Waals surface area contributed by atoms with Crippen molar-refractivity contribution >= 4 is 23.3 Å². The number of phenols is 1. The molecule has 1 amide bonds. The molecule has 3 aromatic rings. The highest BCUT2D eigenvalue weighted by atomic mass is 35.5. The van der Waals surface area contributed by atoms with Crippen LogP contribution in [0.5, 0.6) is 11.5 Å². The van der Waals surface area contributed by atoms with Gasteiger partial charge >= 0.3 is 0 Å². The maximum atomic E-state index is 12.4. The van der Waals surface area contributed by atoms with Crippen molar-refractivity contribution in [2.75, 3.05) is 12.4 Å². The van der Waals surface area contributed by atoms with Gasteiger partial charge in [-0.15, -0.1) is 0 Å². The quantitative estimate of drug-likeness (QED) is 0.716. The van der Waals surface area contributed by atoms with Gasteiger partial charge in [-0.3, -0.25) is 4.79 Å². The predicted octanol–water partition coefficient (Wildman–Crippen LogP) is 4.02. The maximum absolute atomic E-state index is 12.4. The number of aromatic hydroxyl groups is 1. The first-order chi connectivity index (χ1) is 13.0. The third-order valence-electron chi connectivity index (χ3n) is 4.89. The minimum Gasteiger partial charge on any atom is -0.504 e. The first-order valence-electron chi connectivity index (χ1n) is 8.49. The van der Waals surface area contributed by atoms with E-state index >= 15 is 0 Å². The van der Waals surface area contributed by atoms with E-state index in [0.29, 0.717) is 23.0 Å². The Morgan fingerprint density at radius 2 is 2.15 bits per heavy atom. The zero-order chi connectivity index (χ0) is 19.1. The maximum Gasteiger partial charge on any atom is 0.226 e. The molecule has 0 saturated carbocycles. The van der Waals surface area contributed by atoms with Crippen LogP contribution in [0.3, 0.4) is 0 Å². The van der Waals surface area contributed by atoms with E-state index in [1.165, 1.54) is 7.11 Å². The van der Waals surface area contributed by atoms with Crippen molar-refractivity contribution < 1.29 is 14.6 Å². The number of fused-ring (bicyclic) bond motifs is 1. The Hall–Kier alpha value is -2.99. The van der Waals surface area contributed by atoms with Crippen LogP contribution in [0.4, 0.5) is 5.82 Å². The van der Waals surface area contributed by atoms with Gasteiger partial charge in [-0.2, -0.15) is 5.10 Å². The summed E-state index contributed by atoms with van der Waals surface area (Å²) in [6.07, 6.45) is 2.06. The van der Waals surface area contributed by atoms with Gasteiger partial charge in [-0.25, -0.2) is 4.68 Å². The number of hydrogen-bond acceptors (Lipinski definition) is 4. The van der Waals surface area contributed by atoms with Crippen LogP contribution in [0.2, 0.25) is 5.02 Å². The Labute approximate surface area is 161 Å². The number of anilines is 1. The molecule has 0 saturated heterocycles. The monoisotopic (exact) mass is 383 g/mol. The fourth-order valence-electron chi connectivity index (χ4n) is 3.44. The van der Waals surface area contributed by atoms with Crippen molar-refractivity contribution in [3.05, 3.63) is 64.3 Å². The number of carbonyl (C=O) groups is 1. The van der Waals surface area contributed by atoms with Gasteiger partial charge in [0.15, 0.2) is 11.5 Å². The van der Waals surface area contributed by atoms with E-state index in [4.69, 9.17) is 16.3 Å². The van der Waals surface area contributed by atoms with Gasteiger partial charge in [-0.05, 0) is 42.3 Å². The van der Waals surface area contributed by atoms with E-state index in [1.54, 1.807) is 29.1 Å². The Morgan fingerprint density at radius 1 is 1.33 bits per heavy atom. The van der Waals surface area contributed by atoms with Crippen LogP contribution in [-0.2, 0) is 4.79 Å². The summed E-state index contributed by atoms with van der Waals surface area (Å²) in [6.45, 7) is 1.92. The molecule has 7 heteroatoms. The number of nitrogens with one attached hydrogen (secondary N) is 1. The molecular weight excluding hydrogens is 366 g/mol. The smallest absolute Gasteiger partial charge is 0.226 e. The van der Waals surface area contributed by atoms with Crippen LogP contribution in [0.15, 0.2) is 42.6 Å². The summed E-state index contributed by atoms with van der Waals surface area (Å²) in [6, 6.07) is 10.7. The number of halogens is 1. The normalized spacial score (nSPS) is 16.0. The van der Waals surface area contributed by atoms with E-state index in [9.17, 15) is 9.90 Å². The average molecular weight is 384 g/mol. The summed E-state index contributed by atoms with van der Waals surface area (Å²) < 4.78 is 6.92. The number of methoxy groups -OCH3 is 1. The molecule has 27 heavy (non-hydrogen) atoms. The summed E-state index contributed by atoms with van der Waals surface area (Å²) in [5.74, 6) is 0.788. The lowest BCUT2D eigenvalue weighted by Crippen LogP contribution is -2.24. The molecule has 1 aromatic heterocycles. The number of amides is 1. The molecule has 0 radical (unpaired) electrons. The second kappa shape index (κ2) is 6.63. The Bertz CT molecular complexity index is 1040. The summed E-state index contributed by atoms with van der Waals surface area (Å²) in [5.41, 5.74) is 3.48. The summed E-state index contributed by atoms with van der Waals surface area (Å²) in [5, 5.41) is 17.9. The number of rotatable bonds is 3. The SMILES string of the molecule is COc1cc([C@@H]2CC(=O)Nc3c2cnn3-c2cccc(Cl)c2C)ccc1O. The van der Waals surface area contributed by atoms with Crippen LogP contribution < -0.4 is 10.1 Å². The zero-order valence-electron chi connectivity index (χ0n) is 14.9. The highest BCUT2D eigenvalue weighted by Crippen LogP contribution is 2.41. The number of hydrogen-bond donors (Lipinski definition) is 2. The van der Waals surface area contributed by atoms with Crippen LogP contribution >= 0.6 is 11.6 Å². The average Bonchev–Trinajstić information content (AvgIpc) is 3.07. The van der Waals surface area contributed by atoms with Crippen molar-refractivity contribution in [2.24, 2.45) is 0 Å². The van der Waals surface area contributed by atoms with E-state index in [1.807, 2.05) is 25.1 Å². The van der Waals surface area contributed by atoms with Crippen LogP contribution in [0.25, 0.3) is 5.69 Å². The molecule has 1 atom stereocenters. The van der Waals surface area contributed by atoms with Gasteiger partial charge in [0.25, 0.3) is 0 Å². The van der Waals surface area contributed by atoms with Gasteiger partial charge in [-0.1, -0.05) is 23.7 Å². The third-order valence-corrected chi connectivity index (χ3v) is 5.30. The largest absolute Gasteiger partial charge is 0.504 e. The summed E-state index contributed by atoms with van der Waals surface area (Å²) in [4.78, 5) is 12.4. The molecule has 6 nitrogen and oxygen atoms in total. The number of benzene rings is 2. The number of nitrogens with zero attached hydrogens (tertiary/aromatic N) is 2. The number of aromatic nitrogens is 2. The number of carbonyl (C=O) groups excluding carboxylic acids is 1. The van der Waals surface area contributed by atoms with Gasteiger partial charge in [0.1, 0.15) is 5.82 Å². The molecule has 1 aliphatic rings. The van der Waals surface area contributed by atoms with E-state index in [-0.39, 0.29) is 17.6 Å². The molecule has 0 aliphatic carbocycles. The van der Waals surface area contributed by atoms with E-state index in [2.05, 4.69) is 10.4 Å². The molecule has 2 aromatic carbocycles. The summed E-state index contributed by atoms with van der Waals surface area (Å²) >= 11 is 6.25. The highest BCUT2D eigenvalue weighted by Gasteiger charge is 2.31. The molecular formula is C20H18ClN3O3. The molecule has 2 heterocycles. The first kappa shape index (κ1) is 17.4. The number of phenolic OH excluding ortho intramolecular Hbond substituents is 1. The van der Waals surface area contributed by atoms with Gasteiger partial charge in [0.05, 0.1) is 19.0 Å². The zero-order valence-corrected chi connectivity index (χ0v) is 15.6. The molecule has 1 aliphatic heterocycles. The van der Waals surface area contributed by atoms with Crippen LogP contribution in [0, 0.1) is 6.92 Å². The molecule has 138 valence electrons. The van der Waals surface area contributed by atoms with Crippen LogP contribution in [0.1, 0.15) is 29.0 Å². The minimum absolute atomic E-state index is 0.0620. The first-order valence-corrected chi connectivity index (χ1v) is 8.87. The molecule has 0 spiro atoms. The molecule has 0 bridgehead atoms. The van der Waals surface area contributed by atoms with Crippen molar-refractivity contribution in [1.82, 2.24) is 9.78 Å². The van der Waals surface area contributed by atoms with Crippen molar-refractivity contribution in [2.45, 2.75) is 19.3 Å². The lowest BCUT2D eigenvalue weighted by atomic mass is 9.87. The minimum atomic E-state index is -0.184. The second-order valence-corrected chi connectivity index (χ2v) is 6.89. The Kier molecular flexibility index (Phi) is 4.28. The fourth-order valence-corrected chi connectivity index (χ4v) is 3.61. The standard InChI is InChI=1S/C20H18ClN3O3/c1-11-15(21)4-3-5-16(11)24-20-14(10-22-24)13(9-19(26)23-20)12-6-7-17(25)18(8-12)27-2/h3-8,10,13,25H,9H2,1-2H3,(H,23,26)/t13-/m0/s1. The predicted molar refractivity (Wildman–Crippen MR) is 103 cm³/mol.